The van der Waals surface area contributed by atoms with Crippen molar-refractivity contribution in [2.75, 3.05) is 13.7 Å². The number of hydrogen-bond donors (Lipinski definition) is 1. The molecular weight excluding hydrogens is 252 g/mol. The van der Waals surface area contributed by atoms with E-state index in [2.05, 4.69) is 13.8 Å². The zero-order chi connectivity index (χ0) is 14.7. The van der Waals surface area contributed by atoms with Gasteiger partial charge in [-0.2, -0.15) is 0 Å². The molecule has 110 valence electrons. The monoisotopic (exact) mass is 276 g/mol. The Kier molecular flexibility index (Phi) is 4.65. The van der Waals surface area contributed by atoms with Crippen LogP contribution in [0, 0.1) is 11.8 Å². The first kappa shape index (κ1) is 14.9. The van der Waals surface area contributed by atoms with Crippen LogP contribution in [-0.2, 0) is 17.9 Å². The van der Waals surface area contributed by atoms with E-state index < -0.39 is 0 Å². The number of rotatable bonds is 5. The van der Waals surface area contributed by atoms with E-state index in [1.165, 1.54) is 0 Å². The number of likely N-dealkylation sites (tertiary alicyclic amines) is 1. The highest BCUT2D eigenvalue weighted by Crippen LogP contribution is 2.27. The molecular formula is C16H24N2O2. The Bertz CT molecular complexity index is 485. The van der Waals surface area contributed by atoms with Gasteiger partial charge < -0.3 is 15.4 Å². The highest BCUT2D eigenvalue weighted by Gasteiger charge is 2.31. The molecule has 0 aliphatic carbocycles. The standard InChI is InChI=1S/C16H24N2O2/c1-11(2)14-7-16(19)18(10-14)9-12-4-5-13(8-17)15(6-12)20-3/h4-6,11,14H,7-10,17H2,1-3H3. The fourth-order valence-electron chi connectivity index (χ4n) is 2.68. The lowest BCUT2D eigenvalue weighted by Gasteiger charge is -2.19. The number of benzene rings is 1. The van der Waals surface area contributed by atoms with Gasteiger partial charge in [-0.3, -0.25) is 4.79 Å². The van der Waals surface area contributed by atoms with Crippen LogP contribution in [0.2, 0.25) is 0 Å². The number of carbonyl (C=O) groups excluding carboxylic acids is 1. The highest BCUT2D eigenvalue weighted by molar-refractivity contribution is 5.78. The lowest BCUT2D eigenvalue weighted by Crippen LogP contribution is -2.25. The molecule has 1 aromatic carbocycles. The van der Waals surface area contributed by atoms with E-state index in [0.717, 1.165) is 23.4 Å². The maximum atomic E-state index is 12.0. The third kappa shape index (κ3) is 3.12. The van der Waals surface area contributed by atoms with Crippen LogP contribution in [0.5, 0.6) is 5.75 Å². The summed E-state index contributed by atoms with van der Waals surface area (Å²) in [6.45, 7) is 6.34. The molecule has 0 radical (unpaired) electrons. The largest absolute Gasteiger partial charge is 0.496 e. The zero-order valence-electron chi connectivity index (χ0n) is 12.6. The van der Waals surface area contributed by atoms with Crippen molar-refractivity contribution in [1.82, 2.24) is 4.90 Å². The first-order valence-corrected chi connectivity index (χ1v) is 7.18. The Morgan fingerprint density at radius 3 is 2.75 bits per heavy atom. The molecule has 0 aromatic heterocycles. The van der Waals surface area contributed by atoms with Crippen LogP contribution in [0.15, 0.2) is 18.2 Å². The van der Waals surface area contributed by atoms with Gasteiger partial charge in [0.2, 0.25) is 5.91 Å². The average molecular weight is 276 g/mol. The number of amides is 1. The molecule has 0 bridgehead atoms. The summed E-state index contributed by atoms with van der Waals surface area (Å²) in [6, 6.07) is 5.99. The lowest BCUT2D eigenvalue weighted by molar-refractivity contribution is -0.128. The molecule has 4 heteroatoms. The number of nitrogens with zero attached hydrogens (tertiary/aromatic N) is 1. The Balaban J connectivity index is 2.09. The fourth-order valence-corrected chi connectivity index (χ4v) is 2.68. The molecule has 1 amide bonds. The van der Waals surface area contributed by atoms with Gasteiger partial charge in [0, 0.05) is 31.6 Å². The molecule has 4 nitrogen and oxygen atoms in total. The van der Waals surface area contributed by atoms with Gasteiger partial charge in [-0.15, -0.1) is 0 Å². The molecule has 1 saturated heterocycles. The summed E-state index contributed by atoms with van der Waals surface area (Å²) in [5, 5.41) is 0. The first-order valence-electron chi connectivity index (χ1n) is 7.18. The van der Waals surface area contributed by atoms with Crippen molar-refractivity contribution in [3.05, 3.63) is 29.3 Å². The summed E-state index contributed by atoms with van der Waals surface area (Å²) in [5.41, 5.74) is 7.75. The van der Waals surface area contributed by atoms with Crippen molar-refractivity contribution in [2.24, 2.45) is 17.6 Å². The molecule has 2 rings (SSSR count). The molecule has 1 aromatic rings. The minimum Gasteiger partial charge on any atom is -0.496 e. The predicted octanol–water partition coefficient (Wildman–Crippen LogP) is 2.16. The van der Waals surface area contributed by atoms with E-state index in [0.29, 0.717) is 31.3 Å². The molecule has 2 N–H and O–H groups in total. The Labute approximate surface area is 120 Å². The average Bonchev–Trinajstić information content (AvgIpc) is 2.80. The third-order valence-corrected chi connectivity index (χ3v) is 4.13. The second-order valence-electron chi connectivity index (χ2n) is 5.83. The van der Waals surface area contributed by atoms with E-state index in [-0.39, 0.29) is 5.91 Å². The van der Waals surface area contributed by atoms with Crippen molar-refractivity contribution in [3.63, 3.8) is 0 Å². The van der Waals surface area contributed by atoms with E-state index >= 15 is 0 Å². The van der Waals surface area contributed by atoms with Crippen LogP contribution in [0.25, 0.3) is 0 Å². The summed E-state index contributed by atoms with van der Waals surface area (Å²) >= 11 is 0. The van der Waals surface area contributed by atoms with Crippen molar-refractivity contribution >= 4 is 5.91 Å². The molecule has 0 saturated carbocycles. The van der Waals surface area contributed by atoms with Crippen LogP contribution >= 0.6 is 0 Å². The van der Waals surface area contributed by atoms with E-state index in [1.54, 1.807) is 7.11 Å². The Hall–Kier alpha value is -1.55. The molecule has 1 unspecified atom stereocenters. The summed E-state index contributed by atoms with van der Waals surface area (Å²) in [7, 11) is 1.65. The summed E-state index contributed by atoms with van der Waals surface area (Å²) in [5.74, 6) is 2.09. The number of carbonyl (C=O) groups is 1. The van der Waals surface area contributed by atoms with Gasteiger partial charge in [-0.25, -0.2) is 0 Å². The van der Waals surface area contributed by atoms with Crippen molar-refractivity contribution in [1.29, 1.82) is 0 Å². The van der Waals surface area contributed by atoms with Crippen LogP contribution in [0.4, 0.5) is 0 Å². The van der Waals surface area contributed by atoms with Gasteiger partial charge in [-0.1, -0.05) is 26.0 Å². The van der Waals surface area contributed by atoms with Gasteiger partial charge >= 0.3 is 0 Å². The maximum absolute atomic E-state index is 12.0. The normalized spacial score (nSPS) is 18.9. The molecule has 1 aliphatic heterocycles. The molecule has 1 atom stereocenters. The third-order valence-electron chi connectivity index (χ3n) is 4.13. The van der Waals surface area contributed by atoms with E-state index in [1.807, 2.05) is 23.1 Å². The molecule has 20 heavy (non-hydrogen) atoms. The number of ether oxygens (including phenoxy) is 1. The molecule has 0 spiro atoms. The Morgan fingerprint density at radius 1 is 1.45 bits per heavy atom. The lowest BCUT2D eigenvalue weighted by atomic mass is 9.95. The number of hydrogen-bond acceptors (Lipinski definition) is 3. The van der Waals surface area contributed by atoms with Gasteiger partial charge in [0.1, 0.15) is 5.75 Å². The minimum absolute atomic E-state index is 0.255. The second kappa shape index (κ2) is 6.27. The summed E-state index contributed by atoms with van der Waals surface area (Å²) in [4.78, 5) is 14.0. The van der Waals surface area contributed by atoms with Crippen LogP contribution in [0.3, 0.4) is 0 Å². The van der Waals surface area contributed by atoms with E-state index in [4.69, 9.17) is 10.5 Å². The van der Waals surface area contributed by atoms with Crippen molar-refractivity contribution in [3.8, 4) is 5.75 Å². The van der Waals surface area contributed by atoms with Crippen LogP contribution in [0.1, 0.15) is 31.4 Å². The molecule has 1 heterocycles. The Morgan fingerprint density at radius 2 is 2.20 bits per heavy atom. The van der Waals surface area contributed by atoms with E-state index in [9.17, 15) is 4.79 Å². The van der Waals surface area contributed by atoms with Crippen molar-refractivity contribution < 1.29 is 9.53 Å². The molecule has 1 aliphatic rings. The number of nitrogens with two attached hydrogens (primary N) is 1. The first-order chi connectivity index (χ1) is 9.55. The van der Waals surface area contributed by atoms with Crippen LogP contribution < -0.4 is 10.5 Å². The number of methoxy groups -OCH3 is 1. The van der Waals surface area contributed by atoms with Gasteiger partial charge in [0.25, 0.3) is 0 Å². The zero-order valence-corrected chi connectivity index (χ0v) is 12.6. The summed E-state index contributed by atoms with van der Waals surface area (Å²) in [6.07, 6.45) is 0.676. The predicted molar refractivity (Wildman–Crippen MR) is 79.2 cm³/mol. The SMILES string of the molecule is COc1cc(CN2CC(C(C)C)CC2=O)ccc1CN. The minimum atomic E-state index is 0.255. The van der Waals surface area contributed by atoms with Crippen LogP contribution in [-0.4, -0.2) is 24.5 Å². The van der Waals surface area contributed by atoms with Crippen molar-refractivity contribution in [2.45, 2.75) is 33.4 Å². The summed E-state index contributed by atoms with van der Waals surface area (Å²) < 4.78 is 5.34. The second-order valence-corrected chi connectivity index (χ2v) is 5.83. The quantitative estimate of drug-likeness (QED) is 0.896. The van der Waals surface area contributed by atoms with Gasteiger partial charge in [0.15, 0.2) is 0 Å². The maximum Gasteiger partial charge on any atom is 0.223 e. The smallest absolute Gasteiger partial charge is 0.223 e. The van der Waals surface area contributed by atoms with Gasteiger partial charge in [0.05, 0.1) is 7.11 Å². The fraction of sp³-hybridized carbons (Fsp3) is 0.562. The molecule has 1 fully saturated rings. The van der Waals surface area contributed by atoms with Gasteiger partial charge in [-0.05, 0) is 23.5 Å². The highest BCUT2D eigenvalue weighted by atomic mass is 16.5. The topological polar surface area (TPSA) is 55.6 Å².